The molecule has 0 bridgehead atoms. The first kappa shape index (κ1) is 14.7. The molecule has 7 heteroatoms. The second-order valence-corrected chi connectivity index (χ2v) is 5.99. The molecule has 0 saturated carbocycles. The maximum Gasteiger partial charge on any atom is 0.164 e. The van der Waals surface area contributed by atoms with Crippen molar-refractivity contribution < 1.29 is 15.8 Å². The number of para-hydroxylation sites is 1. The molecule has 3 rings (SSSR count). The summed E-state index contributed by atoms with van der Waals surface area (Å²) >= 11 is 0. The molecule has 0 atom stereocenters. The lowest BCUT2D eigenvalue weighted by atomic mass is 10.1. The Morgan fingerprint density at radius 1 is 1.32 bits per heavy atom. The molecule has 0 aliphatic heterocycles. The Hall–Kier alpha value is -2.22. The number of aromatic nitrogens is 3. The molecule has 7 nitrogen and oxygen atoms in total. The third kappa shape index (κ3) is 2.50. The molecule has 0 spiro atoms. The monoisotopic (exact) mass is 302 g/mol. The quantitative estimate of drug-likeness (QED) is 0.611. The van der Waals surface area contributed by atoms with Gasteiger partial charge in [-0.05, 0) is 19.9 Å². The first-order valence-electron chi connectivity index (χ1n) is 7.03. The maximum atomic E-state index is 10.2. The fourth-order valence-corrected chi connectivity index (χ4v) is 2.66. The van der Waals surface area contributed by atoms with E-state index in [1.165, 1.54) is 0 Å². The highest BCUT2D eigenvalue weighted by molar-refractivity contribution is 6.06. The molecule has 116 valence electrons. The van der Waals surface area contributed by atoms with Gasteiger partial charge in [-0.15, -0.1) is 0 Å². The van der Waals surface area contributed by atoms with Crippen LogP contribution in [0.25, 0.3) is 21.9 Å². The Morgan fingerprint density at radius 3 is 2.73 bits per heavy atom. The van der Waals surface area contributed by atoms with Crippen LogP contribution in [0, 0.1) is 0 Å². The number of hydrogen-bond donors (Lipinski definition) is 3. The molecule has 2 heterocycles. The number of fused-ring (bicyclic) bond motifs is 3. The van der Waals surface area contributed by atoms with E-state index in [0.717, 1.165) is 16.4 Å². The first-order chi connectivity index (χ1) is 10.4. The number of rotatable bonds is 4. The molecule has 6 N–H and O–H groups in total. The van der Waals surface area contributed by atoms with E-state index in [1.54, 1.807) is 13.8 Å². The highest BCUT2D eigenvalue weighted by atomic mass is 16.6. The summed E-state index contributed by atoms with van der Waals surface area (Å²) in [5.74, 6) is 4.44. The van der Waals surface area contributed by atoms with Crippen LogP contribution in [0.1, 0.15) is 19.7 Å². The molecule has 0 aliphatic carbocycles. The lowest BCUT2D eigenvalue weighted by Gasteiger charge is -2.20. The molecule has 0 radical (unpaired) electrons. The van der Waals surface area contributed by atoms with E-state index in [-0.39, 0.29) is 6.61 Å². The van der Waals surface area contributed by atoms with Gasteiger partial charge in [-0.2, -0.15) is 0 Å². The summed E-state index contributed by atoms with van der Waals surface area (Å²) in [5.41, 5.74) is 7.44. The fourth-order valence-electron chi connectivity index (χ4n) is 2.66. The highest BCUT2D eigenvalue weighted by Crippen LogP contribution is 2.29. The number of aliphatic hydroxyl groups is 1. The zero-order valence-corrected chi connectivity index (χ0v) is 12.7. The smallest absolute Gasteiger partial charge is 0.164 e. The van der Waals surface area contributed by atoms with Gasteiger partial charge < -0.3 is 15.4 Å². The van der Waals surface area contributed by atoms with Crippen molar-refractivity contribution in [2.45, 2.75) is 32.6 Å². The summed E-state index contributed by atoms with van der Waals surface area (Å²) < 4.78 is 1.93. The molecule has 0 aliphatic rings. The normalized spacial score (nSPS) is 12.4. The third-order valence-corrected chi connectivity index (χ3v) is 3.47. The first-order valence-corrected chi connectivity index (χ1v) is 7.03. The van der Waals surface area contributed by atoms with Gasteiger partial charge in [0.25, 0.3) is 0 Å². The number of benzene rings is 1. The summed E-state index contributed by atoms with van der Waals surface area (Å²) in [4.78, 5) is 13.9. The Balaban J connectivity index is 2.39. The van der Waals surface area contributed by atoms with Crippen LogP contribution in [0.4, 0.5) is 5.82 Å². The van der Waals surface area contributed by atoms with Crippen LogP contribution in [0.3, 0.4) is 0 Å². The van der Waals surface area contributed by atoms with Crippen molar-refractivity contribution in [1.29, 1.82) is 0 Å². The van der Waals surface area contributed by atoms with Crippen LogP contribution >= 0.6 is 0 Å². The summed E-state index contributed by atoms with van der Waals surface area (Å²) in [5, 5.41) is 11.2. The van der Waals surface area contributed by atoms with Gasteiger partial charge in [0, 0.05) is 5.39 Å². The van der Waals surface area contributed by atoms with Crippen LogP contribution < -0.4 is 11.6 Å². The summed E-state index contributed by atoms with van der Waals surface area (Å²) in [6, 6.07) is 7.74. The molecule has 0 saturated heterocycles. The molecule has 22 heavy (non-hydrogen) atoms. The van der Waals surface area contributed by atoms with E-state index in [2.05, 4.69) is 15.9 Å². The summed E-state index contributed by atoms with van der Waals surface area (Å²) in [7, 11) is 0. The fraction of sp³-hybridized carbons (Fsp3) is 0.333. The third-order valence-electron chi connectivity index (χ3n) is 3.47. The Bertz CT molecular complexity index is 835. The van der Waals surface area contributed by atoms with E-state index in [0.29, 0.717) is 23.7 Å². The van der Waals surface area contributed by atoms with Crippen molar-refractivity contribution in [1.82, 2.24) is 14.5 Å². The van der Waals surface area contributed by atoms with Crippen molar-refractivity contribution in [3.8, 4) is 0 Å². The number of imidazole rings is 1. The minimum absolute atomic E-state index is 0.235. The molecule has 0 amide bonds. The molecule has 2 aromatic heterocycles. The van der Waals surface area contributed by atoms with Crippen LogP contribution in [0.15, 0.2) is 24.3 Å². The Morgan fingerprint density at radius 2 is 2.05 bits per heavy atom. The van der Waals surface area contributed by atoms with Crippen molar-refractivity contribution >= 4 is 27.8 Å². The number of quaternary nitrogens is 1. The Kier molecular flexibility index (Phi) is 3.48. The van der Waals surface area contributed by atoms with E-state index >= 15 is 0 Å². The molecule has 3 aromatic rings. The number of pyridine rings is 1. The highest BCUT2D eigenvalue weighted by Gasteiger charge is 2.22. The predicted molar refractivity (Wildman–Crippen MR) is 83.4 cm³/mol. The zero-order valence-electron chi connectivity index (χ0n) is 12.7. The van der Waals surface area contributed by atoms with Crippen molar-refractivity contribution in [3.05, 3.63) is 30.1 Å². The van der Waals surface area contributed by atoms with E-state index < -0.39 is 5.60 Å². The van der Waals surface area contributed by atoms with Gasteiger partial charge in [-0.1, -0.05) is 18.2 Å². The van der Waals surface area contributed by atoms with Gasteiger partial charge in [0.15, 0.2) is 12.4 Å². The van der Waals surface area contributed by atoms with Crippen LogP contribution in [-0.2, 0) is 18.0 Å². The number of nitrogens with two attached hydrogens (primary N) is 1. The summed E-state index contributed by atoms with van der Waals surface area (Å²) in [6.45, 7) is 4.11. The number of nitrogen functional groups attached to an aromatic ring is 1. The van der Waals surface area contributed by atoms with E-state index in [4.69, 9.17) is 10.6 Å². The lowest BCUT2D eigenvalue weighted by Crippen LogP contribution is -2.48. The van der Waals surface area contributed by atoms with Crippen molar-refractivity contribution in [2.24, 2.45) is 0 Å². The number of hydrogen-bond acceptors (Lipinski definition) is 5. The molecular weight excluding hydrogens is 282 g/mol. The topological polar surface area (TPSA) is 114 Å². The average molecular weight is 302 g/mol. The molecule has 0 unspecified atom stereocenters. The van der Waals surface area contributed by atoms with Gasteiger partial charge in [-0.25, -0.2) is 20.7 Å². The minimum Gasteiger partial charge on any atom is -0.389 e. The maximum absolute atomic E-state index is 10.2. The number of nitrogens with zero attached hydrogens (tertiary/aromatic N) is 3. The average Bonchev–Trinajstić information content (AvgIpc) is 2.77. The van der Waals surface area contributed by atoms with Gasteiger partial charge >= 0.3 is 0 Å². The second kappa shape index (κ2) is 5.20. The van der Waals surface area contributed by atoms with Crippen molar-refractivity contribution in [2.75, 3.05) is 5.73 Å². The standard InChI is InChI=1S/C15H20N5O2/c1-15(2,21)8-20-11(7-22-17)19-12-13(20)9-5-3-4-6-10(9)18-14(12)16/h3-6,21H,7-8H2,1-2,17H3,(H2,16,18)/q+1. The lowest BCUT2D eigenvalue weighted by molar-refractivity contribution is -0.695. The molecule has 1 aromatic carbocycles. The summed E-state index contributed by atoms with van der Waals surface area (Å²) in [6.07, 6.45) is 0. The largest absolute Gasteiger partial charge is 0.389 e. The van der Waals surface area contributed by atoms with Crippen molar-refractivity contribution in [3.63, 3.8) is 0 Å². The Labute approximate surface area is 127 Å². The van der Waals surface area contributed by atoms with Gasteiger partial charge in [-0.3, -0.25) is 0 Å². The minimum atomic E-state index is -0.900. The van der Waals surface area contributed by atoms with Gasteiger partial charge in [0.05, 0.1) is 23.2 Å². The molecular formula is C15H20N5O2+. The zero-order chi connectivity index (χ0) is 15.9. The SMILES string of the molecule is CC(C)(O)Cn1c(CO[NH3+])nc2c(N)nc3ccccc3c21. The molecule has 0 fully saturated rings. The van der Waals surface area contributed by atoms with Crippen LogP contribution in [0.5, 0.6) is 0 Å². The van der Waals surface area contributed by atoms with Gasteiger partial charge in [0.1, 0.15) is 11.3 Å². The van der Waals surface area contributed by atoms with E-state index in [1.807, 2.05) is 28.8 Å². The predicted octanol–water partition coefficient (Wildman–Crippen LogP) is 0.611. The number of anilines is 1. The van der Waals surface area contributed by atoms with Gasteiger partial charge in [0.2, 0.25) is 0 Å². The second-order valence-electron chi connectivity index (χ2n) is 5.99. The van der Waals surface area contributed by atoms with Crippen LogP contribution in [0.2, 0.25) is 0 Å². The van der Waals surface area contributed by atoms with Crippen LogP contribution in [-0.4, -0.2) is 25.2 Å². The van der Waals surface area contributed by atoms with E-state index in [9.17, 15) is 5.11 Å².